The van der Waals surface area contributed by atoms with E-state index in [1.807, 2.05) is 49.3 Å². The van der Waals surface area contributed by atoms with Crippen LogP contribution in [0.25, 0.3) is 11.1 Å². The van der Waals surface area contributed by atoms with E-state index in [4.69, 9.17) is 11.6 Å². The zero-order valence-electron chi connectivity index (χ0n) is 16.6. The van der Waals surface area contributed by atoms with Crippen molar-refractivity contribution in [1.82, 2.24) is 15.1 Å². The number of hydrogen-bond acceptors (Lipinski definition) is 5. The first-order valence-electron chi connectivity index (χ1n) is 9.54. The fourth-order valence-corrected chi connectivity index (χ4v) is 7.34. The number of benzene rings is 1. The molecule has 3 rings (SSSR count). The van der Waals surface area contributed by atoms with Crippen LogP contribution in [0.5, 0.6) is 0 Å². The summed E-state index contributed by atoms with van der Waals surface area (Å²) >= 11 is 7.65. The molecule has 1 saturated heterocycles. The summed E-state index contributed by atoms with van der Waals surface area (Å²) in [5.74, 6) is 0. The highest BCUT2D eigenvalue weighted by Gasteiger charge is 2.36. The third-order valence-electron chi connectivity index (χ3n) is 4.98. The number of thiophene rings is 1. The highest BCUT2D eigenvalue weighted by atomic mass is 35.5. The van der Waals surface area contributed by atoms with Crippen molar-refractivity contribution in [3.8, 4) is 11.1 Å². The smallest absolute Gasteiger partial charge is 0.317 e. The number of sulfone groups is 1. The molecule has 1 unspecified atom stereocenters. The molecule has 6 nitrogen and oxygen atoms in total. The Balaban J connectivity index is 1.74. The van der Waals surface area contributed by atoms with Gasteiger partial charge in [0.05, 0.1) is 10.3 Å². The van der Waals surface area contributed by atoms with Crippen molar-refractivity contribution >= 4 is 38.8 Å². The minimum absolute atomic E-state index is 0.186. The average molecular weight is 456 g/mol. The van der Waals surface area contributed by atoms with Gasteiger partial charge in [0, 0.05) is 37.1 Å². The molecule has 1 aromatic carbocycles. The van der Waals surface area contributed by atoms with E-state index in [1.54, 1.807) is 10.3 Å². The molecule has 158 valence electrons. The van der Waals surface area contributed by atoms with Crippen LogP contribution in [0.1, 0.15) is 12.8 Å². The van der Waals surface area contributed by atoms with Crippen molar-refractivity contribution < 1.29 is 13.2 Å². The molecule has 0 bridgehead atoms. The highest BCUT2D eigenvalue weighted by Crippen LogP contribution is 2.40. The maximum absolute atomic E-state index is 13.3. The van der Waals surface area contributed by atoms with Crippen molar-refractivity contribution in [2.24, 2.45) is 0 Å². The van der Waals surface area contributed by atoms with Gasteiger partial charge < -0.3 is 15.1 Å². The summed E-state index contributed by atoms with van der Waals surface area (Å²) in [6.45, 7) is 2.00. The quantitative estimate of drug-likeness (QED) is 0.722. The number of carbonyl (C=O) groups is 1. The molecule has 0 aliphatic carbocycles. The number of piperidine rings is 1. The van der Waals surface area contributed by atoms with E-state index in [1.165, 1.54) is 0 Å². The van der Waals surface area contributed by atoms with Crippen LogP contribution >= 0.6 is 22.9 Å². The van der Waals surface area contributed by atoms with Crippen LogP contribution in [0, 0.1) is 0 Å². The second kappa shape index (κ2) is 9.47. The number of nitrogens with one attached hydrogen (secondary N) is 1. The first-order valence-corrected chi connectivity index (χ1v) is 12.3. The summed E-state index contributed by atoms with van der Waals surface area (Å²) in [6, 6.07) is 9.29. The molecule has 1 aliphatic heterocycles. The predicted octanol–water partition coefficient (Wildman–Crippen LogP) is 3.58. The lowest BCUT2D eigenvalue weighted by Crippen LogP contribution is -2.49. The van der Waals surface area contributed by atoms with Gasteiger partial charge in [-0.15, -0.1) is 11.3 Å². The minimum atomic E-state index is -3.62. The van der Waals surface area contributed by atoms with Crippen LogP contribution in [0.2, 0.25) is 5.02 Å². The molecule has 1 fully saturated rings. The normalized spacial score (nSPS) is 17.5. The fraction of sp³-hybridized carbons (Fsp3) is 0.450. The lowest BCUT2D eigenvalue weighted by molar-refractivity contribution is 0.186. The van der Waals surface area contributed by atoms with Gasteiger partial charge in [0.25, 0.3) is 0 Å². The van der Waals surface area contributed by atoms with E-state index >= 15 is 0 Å². The number of rotatable bonds is 6. The van der Waals surface area contributed by atoms with E-state index in [0.29, 0.717) is 25.9 Å². The molecular formula is C20H26ClN3O3S2. The number of nitrogens with zero attached hydrogens (tertiary/aromatic N) is 2. The largest absolute Gasteiger partial charge is 0.337 e. The first kappa shape index (κ1) is 22.1. The average Bonchev–Trinajstić information content (AvgIpc) is 3.10. The lowest BCUT2D eigenvalue weighted by Gasteiger charge is -2.32. The van der Waals surface area contributed by atoms with Gasteiger partial charge in [0.2, 0.25) is 0 Å². The Morgan fingerprint density at radius 3 is 2.72 bits per heavy atom. The molecule has 2 heterocycles. The summed E-state index contributed by atoms with van der Waals surface area (Å²) in [6.07, 6.45) is 1.18. The minimum Gasteiger partial charge on any atom is -0.337 e. The van der Waals surface area contributed by atoms with E-state index in [9.17, 15) is 13.2 Å². The van der Waals surface area contributed by atoms with Crippen LogP contribution in [-0.4, -0.2) is 69.8 Å². The van der Waals surface area contributed by atoms with Gasteiger partial charge in [0.15, 0.2) is 9.84 Å². The number of amides is 2. The molecule has 2 amide bonds. The van der Waals surface area contributed by atoms with Gasteiger partial charge >= 0.3 is 6.03 Å². The van der Waals surface area contributed by atoms with Crippen LogP contribution in [0.15, 0.2) is 39.9 Å². The van der Waals surface area contributed by atoms with E-state index in [2.05, 4.69) is 5.32 Å². The first-order chi connectivity index (χ1) is 13.8. The molecule has 0 spiro atoms. The van der Waals surface area contributed by atoms with Crippen LogP contribution in [0.3, 0.4) is 0 Å². The molecule has 1 atom stereocenters. The van der Waals surface area contributed by atoms with Crippen molar-refractivity contribution in [3.05, 3.63) is 40.7 Å². The zero-order chi connectivity index (χ0) is 21.0. The third kappa shape index (κ3) is 5.12. The van der Waals surface area contributed by atoms with Gasteiger partial charge in [-0.25, -0.2) is 13.2 Å². The Morgan fingerprint density at radius 2 is 2.03 bits per heavy atom. The van der Waals surface area contributed by atoms with Gasteiger partial charge in [-0.05, 0) is 32.5 Å². The Hall–Kier alpha value is -1.61. The SMILES string of the molecule is CN(C)CCNC(=O)N1CCCC(S(=O)(=O)c2scc(-c3ccccc3)c2Cl)C1. The summed E-state index contributed by atoms with van der Waals surface area (Å²) in [4.78, 5) is 16.0. The maximum Gasteiger partial charge on any atom is 0.317 e. The maximum atomic E-state index is 13.3. The number of carbonyl (C=O) groups excluding carboxylic acids is 1. The fourth-order valence-electron chi connectivity index (χ4n) is 3.36. The standard InChI is InChI=1S/C20H26ClN3O3S2/c1-23(2)12-10-22-20(25)24-11-6-9-16(13-24)29(26,27)19-18(21)17(14-28-19)15-7-4-3-5-8-15/h3-5,7-8,14,16H,6,9-13H2,1-2H3,(H,22,25). The van der Waals surface area contributed by atoms with Crippen LogP contribution in [-0.2, 0) is 9.84 Å². The topological polar surface area (TPSA) is 69.7 Å². The number of likely N-dealkylation sites (tertiary alicyclic amines) is 1. The molecule has 0 radical (unpaired) electrons. The Kier molecular flexibility index (Phi) is 7.21. The second-order valence-corrected chi connectivity index (χ2v) is 11.1. The summed E-state index contributed by atoms with van der Waals surface area (Å²) in [7, 11) is 0.246. The molecule has 1 aromatic heterocycles. The van der Waals surface area contributed by atoms with Crippen LogP contribution in [0.4, 0.5) is 4.79 Å². The van der Waals surface area contributed by atoms with Gasteiger partial charge in [-0.1, -0.05) is 41.9 Å². The van der Waals surface area contributed by atoms with E-state index < -0.39 is 15.1 Å². The molecule has 1 aliphatic rings. The van der Waals surface area contributed by atoms with Gasteiger partial charge in [-0.2, -0.15) is 0 Å². The third-order valence-corrected chi connectivity index (χ3v) is 9.34. The van der Waals surface area contributed by atoms with Crippen molar-refractivity contribution in [2.75, 3.05) is 40.3 Å². The van der Waals surface area contributed by atoms with Crippen molar-refractivity contribution in [3.63, 3.8) is 0 Å². The molecular weight excluding hydrogens is 430 g/mol. The number of hydrogen-bond donors (Lipinski definition) is 1. The number of urea groups is 1. The predicted molar refractivity (Wildman–Crippen MR) is 118 cm³/mol. The number of likely N-dealkylation sites (N-methyl/N-ethyl adjacent to an activating group) is 1. The highest BCUT2D eigenvalue weighted by molar-refractivity contribution is 7.94. The van der Waals surface area contributed by atoms with Gasteiger partial charge in [-0.3, -0.25) is 0 Å². The summed E-state index contributed by atoms with van der Waals surface area (Å²) in [5, 5.41) is 4.28. The second-order valence-electron chi connectivity index (χ2n) is 7.41. The molecule has 1 N–H and O–H groups in total. The molecule has 0 saturated carbocycles. The van der Waals surface area contributed by atoms with E-state index in [0.717, 1.165) is 29.0 Å². The van der Waals surface area contributed by atoms with Crippen LogP contribution < -0.4 is 5.32 Å². The molecule has 2 aromatic rings. The lowest BCUT2D eigenvalue weighted by atomic mass is 10.1. The Labute approximate surface area is 181 Å². The van der Waals surface area contributed by atoms with Crippen molar-refractivity contribution in [2.45, 2.75) is 22.3 Å². The van der Waals surface area contributed by atoms with Crippen molar-refractivity contribution in [1.29, 1.82) is 0 Å². The van der Waals surface area contributed by atoms with Gasteiger partial charge in [0.1, 0.15) is 4.21 Å². The number of halogens is 1. The molecule has 29 heavy (non-hydrogen) atoms. The Morgan fingerprint density at radius 1 is 1.31 bits per heavy atom. The van der Waals surface area contributed by atoms with E-state index in [-0.39, 0.29) is 21.8 Å². The Bertz CT molecular complexity index is 945. The zero-order valence-corrected chi connectivity index (χ0v) is 19.0. The summed E-state index contributed by atoms with van der Waals surface area (Å²) in [5.41, 5.74) is 1.62. The molecule has 9 heteroatoms. The summed E-state index contributed by atoms with van der Waals surface area (Å²) < 4.78 is 26.8. The monoisotopic (exact) mass is 455 g/mol.